The predicted molar refractivity (Wildman–Crippen MR) is 75.6 cm³/mol. The number of rotatable bonds is 2. The molecule has 4 atom stereocenters. The van der Waals surface area contributed by atoms with Gasteiger partial charge in [-0.2, -0.15) is 18.2 Å². The molecule has 0 saturated carbocycles. The van der Waals surface area contributed by atoms with E-state index in [0.717, 1.165) is 24.3 Å². The molecule has 4 unspecified atom stereocenters. The summed E-state index contributed by atoms with van der Waals surface area (Å²) in [5.74, 6) is -3.04. The van der Waals surface area contributed by atoms with Crippen molar-refractivity contribution in [3.8, 4) is 0 Å². The van der Waals surface area contributed by atoms with Gasteiger partial charge < -0.3 is 4.74 Å². The van der Waals surface area contributed by atoms with Crippen LogP contribution >= 0.6 is 0 Å². The van der Waals surface area contributed by atoms with Crippen LogP contribution in [0.15, 0.2) is 24.3 Å². The van der Waals surface area contributed by atoms with Crippen LogP contribution in [0.3, 0.4) is 0 Å². The third-order valence-electron chi connectivity index (χ3n) is 4.97. The van der Waals surface area contributed by atoms with Crippen molar-refractivity contribution >= 4 is 17.7 Å². The molecule has 1 aromatic carbocycles. The summed E-state index contributed by atoms with van der Waals surface area (Å²) in [6.07, 6.45) is -3.72. The number of hydrogen-bond donors (Lipinski definition) is 1. The number of imide groups is 1. The number of halogens is 3. The molecule has 9 heteroatoms. The topological polar surface area (TPSA) is 75.7 Å². The Balaban J connectivity index is 1.50. The average Bonchev–Trinajstić information content (AvgIpc) is 3.24. The highest BCUT2D eigenvalue weighted by Gasteiger charge is 2.62. The van der Waals surface area contributed by atoms with Crippen molar-refractivity contribution in [3.63, 3.8) is 0 Å². The van der Waals surface area contributed by atoms with E-state index in [1.165, 1.54) is 0 Å². The Morgan fingerprint density at radius 1 is 1.04 bits per heavy atom. The van der Waals surface area contributed by atoms with E-state index in [1.807, 2.05) is 0 Å². The average molecular weight is 354 g/mol. The quantitative estimate of drug-likeness (QED) is 0.817. The SMILES string of the molecule is O=C(NN1C(=O)C2C3CCC(O3)C2C1=O)c1ccc(C(F)(F)F)cc1. The molecule has 3 fully saturated rings. The van der Waals surface area contributed by atoms with Crippen molar-refractivity contribution in [1.29, 1.82) is 0 Å². The van der Waals surface area contributed by atoms with Crippen molar-refractivity contribution in [3.05, 3.63) is 35.4 Å². The smallest absolute Gasteiger partial charge is 0.373 e. The first-order valence-corrected chi connectivity index (χ1v) is 7.79. The lowest BCUT2D eigenvalue weighted by atomic mass is 9.81. The number of nitrogens with zero attached hydrogens (tertiary/aromatic N) is 1. The normalized spacial score (nSPS) is 30.8. The number of nitrogens with one attached hydrogen (secondary N) is 1. The van der Waals surface area contributed by atoms with Crippen molar-refractivity contribution < 1.29 is 32.3 Å². The molecule has 0 aromatic heterocycles. The van der Waals surface area contributed by atoms with Gasteiger partial charge in [0.2, 0.25) is 0 Å². The summed E-state index contributed by atoms with van der Waals surface area (Å²) < 4.78 is 43.2. The number of benzene rings is 1. The van der Waals surface area contributed by atoms with E-state index < -0.39 is 41.3 Å². The summed E-state index contributed by atoms with van der Waals surface area (Å²) in [7, 11) is 0. The molecule has 2 bridgehead atoms. The van der Waals surface area contributed by atoms with E-state index in [2.05, 4.69) is 5.43 Å². The zero-order valence-electron chi connectivity index (χ0n) is 12.7. The lowest BCUT2D eigenvalue weighted by molar-refractivity contribution is -0.145. The molecule has 0 spiro atoms. The Morgan fingerprint density at radius 3 is 2.04 bits per heavy atom. The van der Waals surface area contributed by atoms with Crippen LogP contribution in [0.1, 0.15) is 28.8 Å². The lowest BCUT2D eigenvalue weighted by Crippen LogP contribution is -2.47. The van der Waals surface area contributed by atoms with E-state index in [0.29, 0.717) is 17.9 Å². The van der Waals surface area contributed by atoms with Crippen LogP contribution in [0.25, 0.3) is 0 Å². The molecule has 3 heterocycles. The van der Waals surface area contributed by atoms with Crippen molar-refractivity contribution in [2.24, 2.45) is 11.8 Å². The highest BCUT2D eigenvalue weighted by Crippen LogP contribution is 2.48. The van der Waals surface area contributed by atoms with Crippen LogP contribution in [0.5, 0.6) is 0 Å². The fraction of sp³-hybridized carbons (Fsp3) is 0.438. The van der Waals surface area contributed by atoms with Gasteiger partial charge in [-0.15, -0.1) is 0 Å². The van der Waals surface area contributed by atoms with Crippen LogP contribution in [-0.4, -0.2) is 34.9 Å². The Morgan fingerprint density at radius 2 is 1.56 bits per heavy atom. The van der Waals surface area contributed by atoms with Crippen LogP contribution in [-0.2, 0) is 20.5 Å². The van der Waals surface area contributed by atoms with Gasteiger partial charge in [0, 0.05) is 5.56 Å². The summed E-state index contributed by atoms with van der Waals surface area (Å²) in [5, 5.41) is 0.684. The number of alkyl halides is 3. The zero-order chi connectivity index (χ0) is 17.9. The highest BCUT2D eigenvalue weighted by molar-refractivity contribution is 6.08. The number of fused-ring (bicyclic) bond motifs is 5. The van der Waals surface area contributed by atoms with Gasteiger partial charge in [-0.3, -0.25) is 19.8 Å². The molecule has 6 nitrogen and oxygen atoms in total. The predicted octanol–water partition coefficient (Wildman–Crippen LogP) is 1.51. The van der Waals surface area contributed by atoms with Gasteiger partial charge in [0.25, 0.3) is 17.7 Å². The van der Waals surface area contributed by atoms with E-state index in [4.69, 9.17) is 4.74 Å². The largest absolute Gasteiger partial charge is 0.416 e. The minimum atomic E-state index is -4.51. The minimum absolute atomic E-state index is 0.0788. The number of hydrazine groups is 1. The van der Waals surface area contributed by atoms with Gasteiger partial charge in [-0.1, -0.05) is 0 Å². The Labute approximate surface area is 139 Å². The van der Waals surface area contributed by atoms with Crippen LogP contribution in [0.4, 0.5) is 13.2 Å². The number of amides is 3. The van der Waals surface area contributed by atoms with Crippen LogP contribution in [0.2, 0.25) is 0 Å². The first-order chi connectivity index (χ1) is 11.8. The molecule has 1 N–H and O–H groups in total. The fourth-order valence-corrected chi connectivity index (χ4v) is 3.80. The molecule has 4 rings (SSSR count). The van der Waals surface area contributed by atoms with Crippen LogP contribution < -0.4 is 5.43 Å². The van der Waals surface area contributed by atoms with E-state index in [9.17, 15) is 27.6 Å². The third-order valence-corrected chi connectivity index (χ3v) is 4.97. The zero-order valence-corrected chi connectivity index (χ0v) is 12.7. The van der Waals surface area contributed by atoms with Crippen molar-refractivity contribution in [1.82, 2.24) is 10.4 Å². The number of ether oxygens (including phenoxy) is 1. The Kier molecular flexibility index (Phi) is 3.40. The molecule has 25 heavy (non-hydrogen) atoms. The second-order valence-electron chi connectivity index (χ2n) is 6.37. The first kappa shape index (κ1) is 16.1. The van der Waals surface area contributed by atoms with E-state index in [-0.39, 0.29) is 17.8 Å². The molecular formula is C16H13F3N2O4. The Hall–Kier alpha value is -2.42. The molecule has 3 amide bonds. The maximum Gasteiger partial charge on any atom is 0.416 e. The monoisotopic (exact) mass is 354 g/mol. The van der Waals surface area contributed by atoms with Gasteiger partial charge in [-0.05, 0) is 37.1 Å². The van der Waals surface area contributed by atoms with Crippen molar-refractivity contribution in [2.45, 2.75) is 31.2 Å². The molecule has 3 aliphatic heterocycles. The summed E-state index contributed by atoms with van der Waals surface area (Å²) >= 11 is 0. The molecule has 3 saturated heterocycles. The standard InChI is InChI=1S/C16H13F3N2O4/c17-16(18,19)8-3-1-7(2-4-8)13(22)20-21-14(23)11-9-5-6-10(25-9)12(11)15(21)24/h1-4,9-12H,5-6H2,(H,20,22). The number of carbonyl (C=O) groups excluding carboxylic acids is 3. The molecule has 3 aliphatic rings. The lowest BCUT2D eigenvalue weighted by Gasteiger charge is -2.18. The second kappa shape index (κ2) is 5.29. The van der Waals surface area contributed by atoms with Gasteiger partial charge >= 0.3 is 6.18 Å². The minimum Gasteiger partial charge on any atom is -0.373 e. The van der Waals surface area contributed by atoms with E-state index in [1.54, 1.807) is 0 Å². The maximum atomic E-state index is 12.6. The summed E-state index contributed by atoms with van der Waals surface area (Å²) in [5.41, 5.74) is 1.24. The summed E-state index contributed by atoms with van der Waals surface area (Å²) in [6.45, 7) is 0. The van der Waals surface area contributed by atoms with Gasteiger partial charge in [-0.25, -0.2) is 0 Å². The number of hydrogen-bond acceptors (Lipinski definition) is 4. The maximum absolute atomic E-state index is 12.6. The molecular weight excluding hydrogens is 341 g/mol. The summed E-state index contributed by atoms with van der Waals surface area (Å²) in [4.78, 5) is 37.0. The summed E-state index contributed by atoms with van der Waals surface area (Å²) in [6, 6.07) is 3.53. The van der Waals surface area contributed by atoms with Gasteiger partial charge in [0.05, 0.1) is 29.6 Å². The third kappa shape index (κ3) is 2.41. The molecule has 0 radical (unpaired) electrons. The molecule has 0 aliphatic carbocycles. The highest BCUT2D eigenvalue weighted by atomic mass is 19.4. The van der Waals surface area contributed by atoms with E-state index >= 15 is 0 Å². The molecule has 132 valence electrons. The van der Waals surface area contributed by atoms with Crippen molar-refractivity contribution in [2.75, 3.05) is 0 Å². The molecule has 1 aromatic rings. The first-order valence-electron chi connectivity index (χ1n) is 7.79. The number of carbonyl (C=O) groups is 3. The van der Waals surface area contributed by atoms with Crippen LogP contribution in [0, 0.1) is 11.8 Å². The fourth-order valence-electron chi connectivity index (χ4n) is 3.80. The van der Waals surface area contributed by atoms with Gasteiger partial charge in [0.15, 0.2) is 0 Å². The second-order valence-corrected chi connectivity index (χ2v) is 6.37. The Bertz CT molecular complexity index is 734. The van der Waals surface area contributed by atoms with Gasteiger partial charge in [0.1, 0.15) is 0 Å².